The van der Waals surface area contributed by atoms with Gasteiger partial charge in [-0.25, -0.2) is 4.79 Å². The maximum absolute atomic E-state index is 12.2. The van der Waals surface area contributed by atoms with Crippen molar-refractivity contribution in [3.63, 3.8) is 0 Å². The number of alkyl carbamates (subject to hydrolysis) is 1. The van der Waals surface area contributed by atoms with E-state index in [-0.39, 0.29) is 5.92 Å². The highest BCUT2D eigenvalue weighted by Gasteiger charge is 2.28. The molecule has 27 heavy (non-hydrogen) atoms. The highest BCUT2D eigenvalue weighted by molar-refractivity contribution is 5.68. The molecule has 2 aromatic carbocycles. The molecule has 0 fully saturated rings. The van der Waals surface area contributed by atoms with Gasteiger partial charge in [0.25, 0.3) is 0 Å². The highest BCUT2D eigenvalue weighted by atomic mass is 16.6. The first kappa shape index (κ1) is 20.9. The maximum atomic E-state index is 12.2. The van der Waals surface area contributed by atoms with E-state index in [9.17, 15) is 15.0 Å². The first-order valence-electron chi connectivity index (χ1n) is 9.18. The monoisotopic (exact) mass is 371 g/mol. The van der Waals surface area contributed by atoms with E-state index in [1.807, 2.05) is 60.7 Å². The fraction of sp³-hybridized carbons (Fsp3) is 0.409. The third-order valence-electron chi connectivity index (χ3n) is 4.25. The molecule has 1 unspecified atom stereocenters. The van der Waals surface area contributed by atoms with Crippen molar-refractivity contribution in [3.8, 4) is 0 Å². The van der Waals surface area contributed by atoms with Crippen LogP contribution in [0.15, 0.2) is 60.7 Å². The topological polar surface area (TPSA) is 78.8 Å². The number of carbonyl (C=O) groups is 1. The van der Waals surface area contributed by atoms with Crippen LogP contribution >= 0.6 is 0 Å². The van der Waals surface area contributed by atoms with Gasteiger partial charge in [-0.15, -0.1) is 0 Å². The summed E-state index contributed by atoms with van der Waals surface area (Å²) in [5.74, 6) is -0.0477. The molecule has 0 aliphatic rings. The number of hydrogen-bond donors (Lipinski definition) is 3. The number of aliphatic hydroxyl groups is 2. The summed E-state index contributed by atoms with van der Waals surface area (Å²) >= 11 is 0. The standard InChI is InChI=1S/C22H29NO4/c1-22(2,3)27-21(26)23-19(20(25)15-24)14-18(16-10-6-4-7-11-16)17-12-8-5-9-13-17/h4-13,18-20,24-25H,14-15H2,1-3H3,(H,23,26)/t19-,20?/m1/s1. The molecule has 0 aromatic heterocycles. The SMILES string of the molecule is CC(C)(C)OC(=O)N[C@H](CC(c1ccccc1)c1ccccc1)C(O)CO. The van der Waals surface area contributed by atoms with Crippen LogP contribution in [-0.2, 0) is 4.74 Å². The van der Waals surface area contributed by atoms with Crippen molar-refractivity contribution in [1.29, 1.82) is 0 Å². The lowest BCUT2D eigenvalue weighted by molar-refractivity contribution is 0.0299. The van der Waals surface area contributed by atoms with Crippen molar-refractivity contribution in [2.75, 3.05) is 6.61 Å². The van der Waals surface area contributed by atoms with Gasteiger partial charge in [0.15, 0.2) is 0 Å². The zero-order valence-corrected chi connectivity index (χ0v) is 16.1. The number of aliphatic hydroxyl groups excluding tert-OH is 2. The van der Waals surface area contributed by atoms with E-state index in [0.29, 0.717) is 6.42 Å². The number of carbonyl (C=O) groups excluding carboxylic acids is 1. The molecule has 0 heterocycles. The Labute approximate surface area is 161 Å². The zero-order chi connectivity index (χ0) is 19.9. The van der Waals surface area contributed by atoms with Crippen LogP contribution in [0.5, 0.6) is 0 Å². The molecule has 0 spiro atoms. The Morgan fingerprint density at radius 3 is 1.89 bits per heavy atom. The normalized spacial score (nSPS) is 13.9. The molecule has 5 heteroatoms. The van der Waals surface area contributed by atoms with Crippen LogP contribution in [0, 0.1) is 0 Å². The average molecular weight is 371 g/mol. The minimum atomic E-state index is -1.09. The Morgan fingerprint density at radius 1 is 1.00 bits per heavy atom. The van der Waals surface area contributed by atoms with Gasteiger partial charge in [-0.05, 0) is 38.3 Å². The first-order valence-corrected chi connectivity index (χ1v) is 9.18. The molecule has 0 saturated carbocycles. The summed E-state index contributed by atoms with van der Waals surface area (Å²) < 4.78 is 5.31. The molecule has 2 atom stereocenters. The third kappa shape index (κ3) is 6.70. The fourth-order valence-electron chi connectivity index (χ4n) is 2.99. The van der Waals surface area contributed by atoms with Crippen molar-refractivity contribution < 1.29 is 19.7 Å². The molecule has 2 aromatic rings. The van der Waals surface area contributed by atoms with Gasteiger partial charge in [-0.2, -0.15) is 0 Å². The van der Waals surface area contributed by atoms with Crippen molar-refractivity contribution >= 4 is 6.09 Å². The average Bonchev–Trinajstić information content (AvgIpc) is 2.64. The second kappa shape index (κ2) is 9.53. The minimum Gasteiger partial charge on any atom is -0.444 e. The van der Waals surface area contributed by atoms with Crippen LogP contribution in [0.1, 0.15) is 44.2 Å². The van der Waals surface area contributed by atoms with Gasteiger partial charge >= 0.3 is 6.09 Å². The van der Waals surface area contributed by atoms with Crippen LogP contribution in [0.25, 0.3) is 0 Å². The second-order valence-corrected chi connectivity index (χ2v) is 7.61. The van der Waals surface area contributed by atoms with Crippen LogP contribution in [-0.4, -0.2) is 40.7 Å². The summed E-state index contributed by atoms with van der Waals surface area (Å²) in [5.41, 5.74) is 1.51. The lowest BCUT2D eigenvalue weighted by atomic mass is 9.84. The second-order valence-electron chi connectivity index (χ2n) is 7.61. The number of amides is 1. The molecule has 5 nitrogen and oxygen atoms in total. The Morgan fingerprint density at radius 2 is 1.48 bits per heavy atom. The van der Waals surface area contributed by atoms with E-state index in [4.69, 9.17) is 4.74 Å². The maximum Gasteiger partial charge on any atom is 0.407 e. The summed E-state index contributed by atoms with van der Waals surface area (Å²) in [5, 5.41) is 22.5. The van der Waals surface area contributed by atoms with Crippen LogP contribution in [0.3, 0.4) is 0 Å². The summed E-state index contributed by atoms with van der Waals surface area (Å²) in [4.78, 5) is 12.2. The summed E-state index contributed by atoms with van der Waals surface area (Å²) in [6.07, 6.45) is -1.28. The number of rotatable bonds is 7. The van der Waals surface area contributed by atoms with Gasteiger partial charge < -0.3 is 20.3 Å². The van der Waals surface area contributed by atoms with Crippen molar-refractivity contribution in [3.05, 3.63) is 71.8 Å². The summed E-state index contributed by atoms with van der Waals surface area (Å²) in [7, 11) is 0. The van der Waals surface area contributed by atoms with Gasteiger partial charge in [-0.1, -0.05) is 60.7 Å². The largest absolute Gasteiger partial charge is 0.444 e. The lowest BCUT2D eigenvalue weighted by Gasteiger charge is -2.29. The van der Waals surface area contributed by atoms with E-state index in [2.05, 4.69) is 5.32 Å². The van der Waals surface area contributed by atoms with Crippen molar-refractivity contribution in [1.82, 2.24) is 5.32 Å². The van der Waals surface area contributed by atoms with E-state index in [0.717, 1.165) is 11.1 Å². The Hall–Kier alpha value is -2.37. The van der Waals surface area contributed by atoms with Crippen molar-refractivity contribution in [2.45, 2.75) is 50.9 Å². The molecule has 146 valence electrons. The summed E-state index contributed by atoms with van der Waals surface area (Å²) in [6.45, 7) is 4.89. The molecule has 0 aliphatic carbocycles. The Balaban J connectivity index is 2.26. The van der Waals surface area contributed by atoms with Crippen LogP contribution < -0.4 is 5.32 Å². The molecule has 1 amide bonds. The van der Waals surface area contributed by atoms with Gasteiger partial charge in [-0.3, -0.25) is 0 Å². The summed E-state index contributed by atoms with van der Waals surface area (Å²) in [6, 6.07) is 19.2. The molecular weight excluding hydrogens is 342 g/mol. The van der Waals surface area contributed by atoms with Gasteiger partial charge in [0, 0.05) is 5.92 Å². The zero-order valence-electron chi connectivity index (χ0n) is 16.1. The predicted molar refractivity (Wildman–Crippen MR) is 106 cm³/mol. The van der Waals surface area contributed by atoms with Gasteiger partial charge in [0.1, 0.15) is 5.60 Å². The number of nitrogens with one attached hydrogen (secondary N) is 1. The molecule has 3 N–H and O–H groups in total. The number of benzene rings is 2. The van der Waals surface area contributed by atoms with E-state index in [1.54, 1.807) is 20.8 Å². The Bertz CT molecular complexity index is 658. The molecule has 0 aliphatic heterocycles. The number of hydrogen-bond acceptors (Lipinski definition) is 4. The Kier molecular flexibility index (Phi) is 7.39. The smallest absolute Gasteiger partial charge is 0.407 e. The molecule has 0 saturated heterocycles. The third-order valence-corrected chi connectivity index (χ3v) is 4.25. The van der Waals surface area contributed by atoms with E-state index in [1.165, 1.54) is 0 Å². The van der Waals surface area contributed by atoms with Crippen LogP contribution in [0.2, 0.25) is 0 Å². The van der Waals surface area contributed by atoms with Crippen LogP contribution in [0.4, 0.5) is 4.79 Å². The quantitative estimate of drug-likeness (QED) is 0.696. The van der Waals surface area contributed by atoms with E-state index >= 15 is 0 Å². The van der Waals surface area contributed by atoms with Gasteiger partial charge in [0.05, 0.1) is 18.8 Å². The van der Waals surface area contributed by atoms with Gasteiger partial charge in [0.2, 0.25) is 0 Å². The van der Waals surface area contributed by atoms with Crippen molar-refractivity contribution in [2.24, 2.45) is 0 Å². The molecule has 0 radical (unpaired) electrons. The first-order chi connectivity index (χ1) is 12.8. The highest BCUT2D eigenvalue weighted by Crippen LogP contribution is 2.30. The lowest BCUT2D eigenvalue weighted by Crippen LogP contribution is -2.47. The minimum absolute atomic E-state index is 0.0477. The van der Waals surface area contributed by atoms with E-state index < -0.39 is 30.4 Å². The molecular formula is C22H29NO4. The fourth-order valence-corrected chi connectivity index (χ4v) is 2.99. The number of ether oxygens (including phenoxy) is 1. The molecule has 0 bridgehead atoms. The predicted octanol–water partition coefficient (Wildman–Crippen LogP) is 3.46. The molecule has 2 rings (SSSR count).